The van der Waals surface area contributed by atoms with Crippen molar-refractivity contribution in [3.63, 3.8) is 0 Å². The van der Waals surface area contributed by atoms with Gasteiger partial charge < -0.3 is 10.2 Å². The highest BCUT2D eigenvalue weighted by Gasteiger charge is 2.05. The molecule has 0 atom stereocenters. The van der Waals surface area contributed by atoms with Crippen molar-refractivity contribution in [3.8, 4) is 0 Å². The van der Waals surface area contributed by atoms with Crippen LogP contribution in [0.5, 0.6) is 0 Å². The zero-order valence-electron chi connectivity index (χ0n) is 6.19. The summed E-state index contributed by atoms with van der Waals surface area (Å²) >= 11 is 0. The van der Waals surface area contributed by atoms with Crippen LogP contribution < -0.4 is 0 Å². The van der Waals surface area contributed by atoms with E-state index in [9.17, 15) is 4.79 Å². The van der Waals surface area contributed by atoms with Crippen LogP contribution >= 0.6 is 0 Å². The number of rotatable bonds is 2. The number of nitrogens with zero attached hydrogens (tertiary/aromatic N) is 1. The Morgan fingerprint density at radius 1 is 1.33 bits per heavy atom. The van der Waals surface area contributed by atoms with E-state index in [0.29, 0.717) is 0 Å². The highest BCUT2D eigenvalue weighted by atomic mass is 16.4. The fourth-order valence-electron chi connectivity index (χ4n) is 0.715. The first-order chi connectivity index (χ1) is 5.61. The average molecular weight is 165 g/mol. The van der Waals surface area contributed by atoms with Gasteiger partial charge in [-0.3, -0.25) is 0 Å². The SMILES string of the molecule is C=C(O)c1cccc(C(=O)O)n1. The Morgan fingerprint density at radius 3 is 2.42 bits per heavy atom. The minimum Gasteiger partial charge on any atom is -0.506 e. The van der Waals surface area contributed by atoms with Crippen molar-refractivity contribution in [1.29, 1.82) is 0 Å². The van der Waals surface area contributed by atoms with Crippen LogP contribution in [0.4, 0.5) is 0 Å². The Hall–Kier alpha value is -1.84. The van der Waals surface area contributed by atoms with Gasteiger partial charge >= 0.3 is 5.97 Å². The van der Waals surface area contributed by atoms with Crippen molar-refractivity contribution < 1.29 is 15.0 Å². The molecule has 1 rings (SSSR count). The average Bonchev–Trinajstić information content (AvgIpc) is 2.04. The van der Waals surface area contributed by atoms with Crippen LogP contribution in [0.15, 0.2) is 24.8 Å². The van der Waals surface area contributed by atoms with E-state index in [2.05, 4.69) is 11.6 Å². The highest BCUT2D eigenvalue weighted by molar-refractivity contribution is 5.85. The van der Waals surface area contributed by atoms with Gasteiger partial charge in [-0.2, -0.15) is 0 Å². The summed E-state index contributed by atoms with van der Waals surface area (Å²) in [4.78, 5) is 14.0. The molecule has 62 valence electrons. The standard InChI is InChI=1S/C8H7NO3/c1-5(10)6-3-2-4-7(9-6)8(11)12/h2-4,10H,1H2,(H,11,12). The van der Waals surface area contributed by atoms with E-state index >= 15 is 0 Å². The van der Waals surface area contributed by atoms with Crippen molar-refractivity contribution in [2.45, 2.75) is 0 Å². The van der Waals surface area contributed by atoms with E-state index in [1.807, 2.05) is 0 Å². The van der Waals surface area contributed by atoms with Crippen molar-refractivity contribution in [2.24, 2.45) is 0 Å². The van der Waals surface area contributed by atoms with Gasteiger partial charge in [0, 0.05) is 0 Å². The maximum absolute atomic E-state index is 10.4. The lowest BCUT2D eigenvalue weighted by atomic mass is 10.3. The number of carboxylic acids is 1. The van der Waals surface area contributed by atoms with Gasteiger partial charge in [-0.1, -0.05) is 12.6 Å². The van der Waals surface area contributed by atoms with Gasteiger partial charge in [0.1, 0.15) is 17.1 Å². The maximum Gasteiger partial charge on any atom is 0.354 e. The van der Waals surface area contributed by atoms with Gasteiger partial charge in [-0.25, -0.2) is 9.78 Å². The number of aromatic nitrogens is 1. The molecule has 4 heteroatoms. The minimum absolute atomic E-state index is 0.109. The molecule has 0 unspecified atom stereocenters. The van der Waals surface area contributed by atoms with Crippen LogP contribution in [0.3, 0.4) is 0 Å². The molecule has 12 heavy (non-hydrogen) atoms. The number of aliphatic hydroxyl groups is 1. The Kier molecular flexibility index (Phi) is 2.09. The number of hydrogen-bond acceptors (Lipinski definition) is 3. The molecule has 0 saturated carbocycles. The fraction of sp³-hybridized carbons (Fsp3) is 0. The van der Waals surface area contributed by atoms with Gasteiger partial charge in [-0.15, -0.1) is 0 Å². The summed E-state index contributed by atoms with van der Waals surface area (Å²) in [5.74, 6) is -1.36. The van der Waals surface area contributed by atoms with Crippen LogP contribution in [0, 0.1) is 0 Å². The summed E-state index contributed by atoms with van der Waals surface area (Å²) in [5, 5.41) is 17.4. The van der Waals surface area contributed by atoms with E-state index < -0.39 is 5.97 Å². The highest BCUT2D eigenvalue weighted by Crippen LogP contribution is 2.06. The van der Waals surface area contributed by atoms with Gasteiger partial charge in [0.25, 0.3) is 0 Å². The Labute approximate surface area is 68.8 Å². The summed E-state index contributed by atoms with van der Waals surface area (Å²) in [6.07, 6.45) is 0. The fourth-order valence-corrected chi connectivity index (χ4v) is 0.715. The molecule has 0 aliphatic carbocycles. The lowest BCUT2D eigenvalue weighted by Crippen LogP contribution is -2.01. The molecule has 1 heterocycles. The molecular formula is C8H7NO3. The van der Waals surface area contributed by atoms with Crippen LogP contribution in [-0.4, -0.2) is 21.2 Å². The Morgan fingerprint density at radius 2 is 1.92 bits per heavy atom. The van der Waals surface area contributed by atoms with Gasteiger partial charge in [-0.05, 0) is 12.1 Å². The van der Waals surface area contributed by atoms with E-state index in [1.54, 1.807) is 0 Å². The molecule has 0 bridgehead atoms. The number of carbonyl (C=O) groups is 1. The third kappa shape index (κ3) is 1.60. The first kappa shape index (κ1) is 8.26. The number of carboxylic acid groups (broad SMARTS) is 1. The second kappa shape index (κ2) is 3.04. The molecule has 0 aliphatic heterocycles. The number of aliphatic hydroxyl groups excluding tert-OH is 1. The van der Waals surface area contributed by atoms with Gasteiger partial charge in [0.2, 0.25) is 0 Å². The Balaban J connectivity index is 3.12. The summed E-state index contributed by atoms with van der Waals surface area (Å²) in [7, 11) is 0. The van der Waals surface area contributed by atoms with Crippen molar-refractivity contribution in [1.82, 2.24) is 4.98 Å². The zero-order chi connectivity index (χ0) is 9.14. The third-order valence-electron chi connectivity index (χ3n) is 1.26. The maximum atomic E-state index is 10.4. The number of hydrogen-bond donors (Lipinski definition) is 2. The Bertz CT molecular complexity index is 304. The molecule has 0 spiro atoms. The molecule has 0 aliphatic rings. The van der Waals surface area contributed by atoms with Crippen LogP contribution in [0.1, 0.15) is 16.2 Å². The van der Waals surface area contributed by atoms with Gasteiger partial charge in [0.05, 0.1) is 0 Å². The predicted octanol–water partition coefficient (Wildman–Crippen LogP) is 1.31. The molecule has 0 amide bonds. The molecule has 1 aromatic rings. The summed E-state index contributed by atoms with van der Waals surface area (Å²) < 4.78 is 0. The summed E-state index contributed by atoms with van der Waals surface area (Å²) in [6, 6.07) is 4.32. The van der Waals surface area contributed by atoms with Crippen molar-refractivity contribution in [2.75, 3.05) is 0 Å². The zero-order valence-corrected chi connectivity index (χ0v) is 6.19. The quantitative estimate of drug-likeness (QED) is 0.648. The van der Waals surface area contributed by atoms with Crippen LogP contribution in [-0.2, 0) is 0 Å². The number of aromatic carboxylic acids is 1. The van der Waals surface area contributed by atoms with Crippen molar-refractivity contribution >= 4 is 11.7 Å². The lowest BCUT2D eigenvalue weighted by molar-refractivity contribution is 0.0690. The van der Waals surface area contributed by atoms with Crippen LogP contribution in [0.2, 0.25) is 0 Å². The summed E-state index contributed by atoms with van der Waals surface area (Å²) in [6.45, 7) is 3.23. The molecule has 2 N–H and O–H groups in total. The lowest BCUT2D eigenvalue weighted by Gasteiger charge is -1.97. The second-order valence-corrected chi connectivity index (χ2v) is 2.16. The topological polar surface area (TPSA) is 70.4 Å². The molecule has 0 radical (unpaired) electrons. The van der Waals surface area contributed by atoms with E-state index in [1.165, 1.54) is 18.2 Å². The third-order valence-corrected chi connectivity index (χ3v) is 1.26. The molecule has 1 aromatic heterocycles. The molecule has 0 fully saturated rings. The van der Waals surface area contributed by atoms with E-state index in [4.69, 9.17) is 10.2 Å². The monoisotopic (exact) mass is 165 g/mol. The normalized spacial score (nSPS) is 9.33. The van der Waals surface area contributed by atoms with Gasteiger partial charge in [0.15, 0.2) is 0 Å². The molecule has 4 nitrogen and oxygen atoms in total. The number of pyridine rings is 1. The molecule has 0 saturated heterocycles. The predicted molar refractivity (Wildman–Crippen MR) is 42.9 cm³/mol. The smallest absolute Gasteiger partial charge is 0.354 e. The minimum atomic E-state index is -1.13. The largest absolute Gasteiger partial charge is 0.506 e. The molecular weight excluding hydrogens is 158 g/mol. The first-order valence-corrected chi connectivity index (χ1v) is 3.20. The first-order valence-electron chi connectivity index (χ1n) is 3.20. The van der Waals surface area contributed by atoms with E-state index in [0.717, 1.165) is 0 Å². The second-order valence-electron chi connectivity index (χ2n) is 2.16. The van der Waals surface area contributed by atoms with Crippen molar-refractivity contribution in [3.05, 3.63) is 36.2 Å². The summed E-state index contributed by atoms with van der Waals surface area (Å²) in [5.41, 5.74) is 0.0672. The van der Waals surface area contributed by atoms with Crippen LogP contribution in [0.25, 0.3) is 5.76 Å². The molecule has 0 aromatic carbocycles. The van der Waals surface area contributed by atoms with E-state index in [-0.39, 0.29) is 17.1 Å².